The van der Waals surface area contributed by atoms with E-state index in [-0.39, 0.29) is 30.2 Å². The van der Waals surface area contributed by atoms with Crippen molar-refractivity contribution >= 4 is 23.4 Å². The number of nitrogens with one attached hydrogen (secondary N) is 3. The molecule has 1 fully saturated rings. The van der Waals surface area contributed by atoms with E-state index in [1.54, 1.807) is 12.1 Å². The molecular weight excluding hydrogens is 366 g/mol. The third kappa shape index (κ3) is 5.91. The third-order valence-corrected chi connectivity index (χ3v) is 5.21. The minimum absolute atomic E-state index is 0.0719. The molecule has 0 radical (unpaired) electrons. The molecule has 0 aromatic heterocycles. The summed E-state index contributed by atoms with van der Waals surface area (Å²) in [4.78, 5) is 36.5. The van der Waals surface area contributed by atoms with Crippen LogP contribution in [0.15, 0.2) is 48.5 Å². The van der Waals surface area contributed by atoms with Crippen molar-refractivity contribution < 1.29 is 14.4 Å². The smallest absolute Gasteiger partial charge is 0.251 e. The number of benzene rings is 2. The maximum atomic E-state index is 12.3. The molecule has 6 nitrogen and oxygen atoms in total. The number of anilines is 1. The SMILES string of the molecule is Cc1ccccc1C(=O)NCC(=O)NCc1cccc(NC(=O)C2CCCC2)c1. The molecule has 2 aromatic rings. The van der Waals surface area contributed by atoms with Crippen LogP contribution in [0.2, 0.25) is 0 Å². The minimum Gasteiger partial charge on any atom is -0.350 e. The summed E-state index contributed by atoms with van der Waals surface area (Å²) in [6, 6.07) is 14.7. The Morgan fingerprint density at radius 1 is 0.966 bits per heavy atom. The van der Waals surface area contributed by atoms with E-state index in [9.17, 15) is 14.4 Å². The lowest BCUT2D eigenvalue weighted by Gasteiger charge is -2.12. The first kappa shape index (κ1) is 20.6. The molecule has 1 saturated carbocycles. The van der Waals surface area contributed by atoms with Crippen LogP contribution in [-0.4, -0.2) is 24.3 Å². The predicted molar refractivity (Wildman–Crippen MR) is 112 cm³/mol. The Hall–Kier alpha value is -3.15. The predicted octanol–water partition coefficient (Wildman–Crippen LogP) is 3.17. The fourth-order valence-corrected chi connectivity index (χ4v) is 3.54. The van der Waals surface area contributed by atoms with Gasteiger partial charge in [0.25, 0.3) is 5.91 Å². The first-order chi connectivity index (χ1) is 14.0. The Kier molecular flexibility index (Phi) is 7.00. The normalized spacial score (nSPS) is 13.7. The van der Waals surface area contributed by atoms with E-state index in [4.69, 9.17) is 0 Å². The molecule has 3 amide bonds. The second-order valence-corrected chi connectivity index (χ2v) is 7.45. The summed E-state index contributed by atoms with van der Waals surface area (Å²) in [7, 11) is 0. The van der Waals surface area contributed by atoms with Crippen molar-refractivity contribution in [2.24, 2.45) is 5.92 Å². The van der Waals surface area contributed by atoms with Crippen LogP contribution >= 0.6 is 0 Å². The maximum absolute atomic E-state index is 12.3. The summed E-state index contributed by atoms with van der Waals surface area (Å²) < 4.78 is 0. The fourth-order valence-electron chi connectivity index (χ4n) is 3.54. The van der Waals surface area contributed by atoms with Gasteiger partial charge in [-0.05, 0) is 49.1 Å². The zero-order valence-corrected chi connectivity index (χ0v) is 16.7. The molecule has 0 bridgehead atoms. The molecule has 2 aromatic carbocycles. The van der Waals surface area contributed by atoms with Crippen LogP contribution in [0.1, 0.15) is 47.2 Å². The molecule has 0 aliphatic heterocycles. The highest BCUT2D eigenvalue weighted by Gasteiger charge is 2.22. The van der Waals surface area contributed by atoms with Crippen LogP contribution in [0, 0.1) is 12.8 Å². The van der Waals surface area contributed by atoms with Gasteiger partial charge in [0.1, 0.15) is 0 Å². The van der Waals surface area contributed by atoms with E-state index < -0.39 is 0 Å². The maximum Gasteiger partial charge on any atom is 0.251 e. The van der Waals surface area contributed by atoms with E-state index in [1.807, 2.05) is 43.3 Å². The summed E-state index contributed by atoms with van der Waals surface area (Å²) in [5, 5.41) is 8.39. The van der Waals surface area contributed by atoms with Crippen molar-refractivity contribution in [1.82, 2.24) is 10.6 Å². The van der Waals surface area contributed by atoms with Gasteiger partial charge in [0.2, 0.25) is 11.8 Å². The standard InChI is InChI=1S/C23H27N3O3/c1-16-7-2-5-12-20(16)23(29)25-15-21(27)24-14-17-8-6-11-19(13-17)26-22(28)18-9-3-4-10-18/h2,5-8,11-13,18H,3-4,9-10,14-15H2,1H3,(H,24,27)(H,25,29)(H,26,28). The Morgan fingerprint density at radius 2 is 1.72 bits per heavy atom. The number of aryl methyl sites for hydroxylation is 1. The highest BCUT2D eigenvalue weighted by atomic mass is 16.2. The molecule has 3 N–H and O–H groups in total. The number of hydrogen-bond acceptors (Lipinski definition) is 3. The second-order valence-electron chi connectivity index (χ2n) is 7.45. The average Bonchev–Trinajstić information content (AvgIpc) is 3.26. The molecule has 0 spiro atoms. The molecule has 29 heavy (non-hydrogen) atoms. The molecular formula is C23H27N3O3. The van der Waals surface area contributed by atoms with E-state index >= 15 is 0 Å². The summed E-state index contributed by atoms with van der Waals surface area (Å²) in [6.45, 7) is 2.09. The molecule has 1 aliphatic carbocycles. The summed E-state index contributed by atoms with van der Waals surface area (Å²) in [5.74, 6) is -0.361. The van der Waals surface area contributed by atoms with Gasteiger partial charge in [0, 0.05) is 23.7 Å². The number of rotatable bonds is 7. The number of carbonyl (C=O) groups excluding carboxylic acids is 3. The quantitative estimate of drug-likeness (QED) is 0.675. The van der Waals surface area contributed by atoms with Gasteiger partial charge in [-0.3, -0.25) is 14.4 Å². The van der Waals surface area contributed by atoms with Gasteiger partial charge in [-0.2, -0.15) is 0 Å². The monoisotopic (exact) mass is 393 g/mol. The lowest BCUT2D eigenvalue weighted by molar-refractivity contribution is -0.120. The Morgan fingerprint density at radius 3 is 2.48 bits per heavy atom. The van der Waals surface area contributed by atoms with Crippen molar-refractivity contribution in [2.75, 3.05) is 11.9 Å². The summed E-state index contributed by atoms with van der Waals surface area (Å²) in [5.41, 5.74) is 3.04. The molecule has 152 valence electrons. The molecule has 0 heterocycles. The van der Waals surface area contributed by atoms with Crippen molar-refractivity contribution in [3.8, 4) is 0 Å². The van der Waals surface area contributed by atoms with E-state index in [0.29, 0.717) is 12.1 Å². The first-order valence-corrected chi connectivity index (χ1v) is 10.0. The van der Waals surface area contributed by atoms with Crippen LogP contribution in [-0.2, 0) is 16.1 Å². The van der Waals surface area contributed by atoms with Crippen LogP contribution in [0.25, 0.3) is 0 Å². The highest BCUT2D eigenvalue weighted by molar-refractivity contribution is 5.97. The second kappa shape index (κ2) is 9.87. The number of hydrogen-bond donors (Lipinski definition) is 3. The van der Waals surface area contributed by atoms with Gasteiger partial charge in [0.05, 0.1) is 6.54 Å². The fraction of sp³-hybridized carbons (Fsp3) is 0.348. The summed E-state index contributed by atoms with van der Waals surface area (Å²) >= 11 is 0. The number of carbonyl (C=O) groups is 3. The molecule has 0 atom stereocenters. The van der Waals surface area contributed by atoms with Crippen LogP contribution in [0.3, 0.4) is 0 Å². The van der Waals surface area contributed by atoms with Crippen LogP contribution in [0.4, 0.5) is 5.69 Å². The van der Waals surface area contributed by atoms with Gasteiger partial charge >= 0.3 is 0 Å². The van der Waals surface area contributed by atoms with Crippen molar-refractivity contribution in [2.45, 2.75) is 39.2 Å². The zero-order valence-electron chi connectivity index (χ0n) is 16.7. The Bertz CT molecular complexity index is 888. The van der Waals surface area contributed by atoms with Crippen molar-refractivity contribution in [3.05, 3.63) is 65.2 Å². The van der Waals surface area contributed by atoms with Crippen molar-refractivity contribution in [3.63, 3.8) is 0 Å². The van der Waals surface area contributed by atoms with E-state index in [1.165, 1.54) is 0 Å². The minimum atomic E-state index is -0.271. The van der Waals surface area contributed by atoms with E-state index in [2.05, 4.69) is 16.0 Å². The lowest BCUT2D eigenvalue weighted by atomic mass is 10.1. The molecule has 0 saturated heterocycles. The van der Waals surface area contributed by atoms with Gasteiger partial charge in [-0.1, -0.05) is 43.2 Å². The number of amides is 3. The van der Waals surface area contributed by atoms with Crippen LogP contribution in [0.5, 0.6) is 0 Å². The Labute approximate surface area is 171 Å². The molecule has 6 heteroatoms. The molecule has 1 aliphatic rings. The topological polar surface area (TPSA) is 87.3 Å². The molecule has 3 rings (SSSR count). The largest absolute Gasteiger partial charge is 0.350 e. The zero-order chi connectivity index (χ0) is 20.6. The lowest BCUT2D eigenvalue weighted by Crippen LogP contribution is -2.36. The van der Waals surface area contributed by atoms with Gasteiger partial charge in [-0.15, -0.1) is 0 Å². The van der Waals surface area contributed by atoms with Gasteiger partial charge < -0.3 is 16.0 Å². The van der Waals surface area contributed by atoms with E-state index in [0.717, 1.165) is 42.5 Å². The Balaban J connectivity index is 1.45. The van der Waals surface area contributed by atoms with Gasteiger partial charge in [0.15, 0.2) is 0 Å². The van der Waals surface area contributed by atoms with Gasteiger partial charge in [-0.25, -0.2) is 0 Å². The third-order valence-electron chi connectivity index (χ3n) is 5.21. The summed E-state index contributed by atoms with van der Waals surface area (Å²) in [6.07, 6.45) is 4.14. The highest BCUT2D eigenvalue weighted by Crippen LogP contribution is 2.26. The van der Waals surface area contributed by atoms with Crippen molar-refractivity contribution in [1.29, 1.82) is 0 Å². The van der Waals surface area contributed by atoms with Crippen LogP contribution < -0.4 is 16.0 Å². The first-order valence-electron chi connectivity index (χ1n) is 10.0. The molecule has 0 unspecified atom stereocenters. The average molecular weight is 393 g/mol.